The molecule has 19 heavy (non-hydrogen) atoms. The Balaban J connectivity index is 2.72. The van der Waals surface area contributed by atoms with Crippen molar-refractivity contribution in [3.63, 3.8) is 0 Å². The molecule has 0 aliphatic heterocycles. The lowest BCUT2D eigenvalue weighted by molar-refractivity contribution is 0.370. The van der Waals surface area contributed by atoms with Crippen LogP contribution in [0.4, 0.5) is 0 Å². The first-order valence-corrected chi connectivity index (χ1v) is 7.97. The molecule has 0 saturated carbocycles. The van der Waals surface area contributed by atoms with Crippen molar-refractivity contribution in [1.82, 2.24) is 14.2 Å². The highest BCUT2D eigenvalue weighted by Crippen LogP contribution is 2.13. The van der Waals surface area contributed by atoms with Gasteiger partial charge in [0.05, 0.1) is 0 Å². The normalized spacial score (nSPS) is 12.3. The van der Waals surface area contributed by atoms with E-state index in [0.29, 0.717) is 12.4 Å². The minimum Gasteiger partial charge on any atom is -0.309 e. The van der Waals surface area contributed by atoms with Gasteiger partial charge in [0.2, 0.25) is 0 Å². The predicted molar refractivity (Wildman–Crippen MR) is 76.8 cm³/mol. The Labute approximate surface area is 120 Å². The molecule has 1 rings (SSSR count). The van der Waals surface area contributed by atoms with Crippen molar-refractivity contribution in [3.8, 4) is 0 Å². The molecular weight excluding hydrogens is 286 g/mol. The van der Waals surface area contributed by atoms with Crippen LogP contribution in [0.5, 0.6) is 0 Å². The van der Waals surface area contributed by atoms with Gasteiger partial charge in [-0.2, -0.15) is 4.31 Å². The van der Waals surface area contributed by atoms with E-state index in [1.807, 2.05) is 19.0 Å². The van der Waals surface area contributed by atoms with Crippen LogP contribution in [0.25, 0.3) is 0 Å². The van der Waals surface area contributed by atoms with Crippen LogP contribution in [0, 0.1) is 0 Å². The van der Waals surface area contributed by atoms with Gasteiger partial charge in [-0.05, 0) is 38.7 Å². The zero-order valence-corrected chi connectivity index (χ0v) is 13.1. The van der Waals surface area contributed by atoms with E-state index in [-0.39, 0.29) is 5.03 Å². The molecule has 0 aromatic carbocycles. The molecule has 1 aromatic heterocycles. The van der Waals surface area contributed by atoms with Crippen LogP contribution in [0.3, 0.4) is 0 Å². The second-order valence-corrected chi connectivity index (χ2v) is 6.88. The first-order valence-electron chi connectivity index (χ1n) is 6.00. The topological polar surface area (TPSA) is 53.5 Å². The lowest BCUT2D eigenvalue weighted by Crippen LogP contribution is -2.30. The van der Waals surface area contributed by atoms with Gasteiger partial charge in [0.25, 0.3) is 10.0 Å². The van der Waals surface area contributed by atoms with Crippen LogP contribution < -0.4 is 0 Å². The molecule has 0 fully saturated rings. The van der Waals surface area contributed by atoms with Gasteiger partial charge in [0, 0.05) is 25.7 Å². The van der Waals surface area contributed by atoms with Gasteiger partial charge in [-0.1, -0.05) is 6.07 Å². The molecule has 0 aliphatic carbocycles. The second kappa shape index (κ2) is 7.19. The molecule has 0 saturated heterocycles. The minimum atomic E-state index is -3.50. The quantitative estimate of drug-likeness (QED) is 0.715. The molecule has 1 aromatic rings. The molecule has 0 atom stereocenters. The zero-order valence-electron chi connectivity index (χ0n) is 11.5. The largest absolute Gasteiger partial charge is 0.309 e. The second-order valence-electron chi connectivity index (χ2n) is 4.62. The summed E-state index contributed by atoms with van der Waals surface area (Å²) in [6.07, 6.45) is 2.27. The van der Waals surface area contributed by atoms with Crippen molar-refractivity contribution < 1.29 is 8.42 Å². The Morgan fingerprint density at radius 3 is 2.37 bits per heavy atom. The number of alkyl halides is 1. The summed E-state index contributed by atoms with van der Waals surface area (Å²) in [6, 6.07) is 3.18. The van der Waals surface area contributed by atoms with E-state index in [4.69, 9.17) is 11.6 Å². The molecule has 108 valence electrons. The van der Waals surface area contributed by atoms with Gasteiger partial charge in [0.1, 0.15) is 0 Å². The minimum absolute atomic E-state index is 0.0636. The lowest BCUT2D eigenvalue weighted by Gasteiger charge is -2.17. The van der Waals surface area contributed by atoms with E-state index in [1.54, 1.807) is 13.1 Å². The monoisotopic (exact) mass is 305 g/mol. The highest BCUT2D eigenvalue weighted by molar-refractivity contribution is 7.89. The highest BCUT2D eigenvalue weighted by atomic mass is 35.5. The van der Waals surface area contributed by atoms with Crippen LogP contribution in [0.1, 0.15) is 12.0 Å². The third-order valence-electron chi connectivity index (χ3n) is 2.70. The average molecular weight is 306 g/mol. The molecule has 0 radical (unpaired) electrons. The van der Waals surface area contributed by atoms with Crippen molar-refractivity contribution in [2.45, 2.75) is 17.3 Å². The number of halogens is 1. The first-order chi connectivity index (χ1) is 8.87. The summed E-state index contributed by atoms with van der Waals surface area (Å²) < 4.78 is 25.8. The fourth-order valence-electron chi connectivity index (χ4n) is 1.53. The summed E-state index contributed by atoms with van der Waals surface area (Å²) in [5.74, 6) is 0.325. The van der Waals surface area contributed by atoms with Gasteiger partial charge in [-0.3, -0.25) is 0 Å². The molecule has 0 bridgehead atoms. The Morgan fingerprint density at radius 1 is 1.21 bits per heavy atom. The van der Waals surface area contributed by atoms with Crippen LogP contribution in [-0.4, -0.2) is 56.8 Å². The maximum absolute atomic E-state index is 12.2. The van der Waals surface area contributed by atoms with Crippen molar-refractivity contribution in [1.29, 1.82) is 0 Å². The molecular formula is C12H20ClN3O2S. The first kappa shape index (κ1) is 16.4. The number of sulfonamides is 1. The molecule has 0 unspecified atom stereocenters. The fraction of sp³-hybridized carbons (Fsp3) is 0.583. The van der Waals surface area contributed by atoms with Crippen LogP contribution in [0.2, 0.25) is 0 Å². The molecule has 1 heterocycles. The number of aromatic nitrogens is 1. The van der Waals surface area contributed by atoms with E-state index in [9.17, 15) is 8.42 Å². The summed E-state index contributed by atoms with van der Waals surface area (Å²) in [7, 11) is 1.99. The molecule has 0 amide bonds. The molecule has 0 aliphatic rings. The molecule has 7 heteroatoms. The van der Waals surface area contributed by atoms with Gasteiger partial charge in [-0.25, -0.2) is 13.4 Å². The van der Waals surface area contributed by atoms with Gasteiger partial charge in [-0.15, -0.1) is 11.6 Å². The molecule has 5 nitrogen and oxygen atoms in total. The van der Waals surface area contributed by atoms with Gasteiger partial charge >= 0.3 is 0 Å². The Kier molecular flexibility index (Phi) is 6.19. The number of hydrogen-bond acceptors (Lipinski definition) is 4. The third kappa shape index (κ3) is 4.72. The summed E-state index contributed by atoms with van der Waals surface area (Å²) in [6.45, 7) is 1.32. The average Bonchev–Trinajstić information content (AvgIpc) is 2.38. The van der Waals surface area contributed by atoms with Crippen molar-refractivity contribution in [3.05, 3.63) is 23.9 Å². The Bertz CT molecular complexity index is 488. The smallest absolute Gasteiger partial charge is 0.260 e. The molecule has 0 N–H and O–H groups in total. The lowest BCUT2D eigenvalue weighted by atomic mass is 10.3. The fourth-order valence-corrected chi connectivity index (χ4v) is 2.80. The van der Waals surface area contributed by atoms with Crippen molar-refractivity contribution in [2.75, 3.05) is 34.2 Å². The predicted octanol–water partition coefficient (Wildman–Crippen LogP) is 1.39. The molecule has 0 spiro atoms. The maximum atomic E-state index is 12.2. The maximum Gasteiger partial charge on any atom is 0.260 e. The van der Waals surface area contributed by atoms with Crippen molar-refractivity contribution >= 4 is 21.6 Å². The van der Waals surface area contributed by atoms with Crippen LogP contribution in [0.15, 0.2) is 23.4 Å². The number of nitrogens with zero attached hydrogens (tertiary/aromatic N) is 3. The van der Waals surface area contributed by atoms with Crippen molar-refractivity contribution in [2.24, 2.45) is 0 Å². The Hall–Kier alpha value is -0.690. The number of pyridine rings is 1. The van der Waals surface area contributed by atoms with Crippen LogP contribution in [-0.2, 0) is 15.9 Å². The highest BCUT2D eigenvalue weighted by Gasteiger charge is 2.21. The zero-order chi connectivity index (χ0) is 14.5. The number of rotatable bonds is 7. The third-order valence-corrected chi connectivity index (χ3v) is 4.79. The summed E-state index contributed by atoms with van der Waals surface area (Å²) in [5.41, 5.74) is 0.802. The summed E-state index contributed by atoms with van der Waals surface area (Å²) in [4.78, 5) is 5.98. The summed E-state index contributed by atoms with van der Waals surface area (Å²) >= 11 is 5.65. The summed E-state index contributed by atoms with van der Waals surface area (Å²) in [5, 5.41) is 0.0636. The standard InChI is InChI=1S/C12H20ClN3O2S/c1-15(2)7-4-8-16(3)19(17,18)12-6-5-11(9-13)10-14-12/h5-6,10H,4,7-9H2,1-3H3. The van der Waals surface area contributed by atoms with E-state index in [0.717, 1.165) is 18.5 Å². The van der Waals surface area contributed by atoms with Crippen LogP contribution >= 0.6 is 11.6 Å². The van der Waals surface area contributed by atoms with E-state index >= 15 is 0 Å². The van der Waals surface area contributed by atoms with Gasteiger partial charge < -0.3 is 4.90 Å². The SMILES string of the molecule is CN(C)CCCN(C)S(=O)(=O)c1ccc(CCl)cn1. The van der Waals surface area contributed by atoms with E-state index in [2.05, 4.69) is 4.98 Å². The Morgan fingerprint density at radius 2 is 1.89 bits per heavy atom. The number of hydrogen-bond donors (Lipinski definition) is 0. The van der Waals surface area contributed by atoms with E-state index in [1.165, 1.54) is 16.6 Å². The van der Waals surface area contributed by atoms with Gasteiger partial charge in [0.15, 0.2) is 5.03 Å². The van der Waals surface area contributed by atoms with E-state index < -0.39 is 10.0 Å².